The third kappa shape index (κ3) is 8.50. The van der Waals surface area contributed by atoms with Crippen LogP contribution in [0, 0.1) is 17.8 Å². The Bertz CT molecular complexity index is 659. The average molecular weight is 439 g/mol. The van der Waals surface area contributed by atoms with Crippen LogP contribution in [-0.2, 0) is 23.9 Å². The molecule has 3 atom stereocenters. The Balaban J connectivity index is 1.82. The predicted octanol–water partition coefficient (Wildman–Crippen LogP) is 3.12. The topological polar surface area (TPSA) is 111 Å². The summed E-state index contributed by atoms with van der Waals surface area (Å²) in [5.74, 6) is 0.672. The van der Waals surface area contributed by atoms with Crippen LogP contribution in [0.25, 0.3) is 0 Å². The number of hydrogen-bond donors (Lipinski definition) is 2. The molecule has 8 heteroatoms. The van der Waals surface area contributed by atoms with Crippen molar-refractivity contribution < 1.29 is 28.7 Å². The minimum absolute atomic E-state index is 0.0850. The van der Waals surface area contributed by atoms with Crippen molar-refractivity contribution in [2.45, 2.75) is 97.3 Å². The van der Waals surface area contributed by atoms with Crippen LogP contribution in [0.4, 0.5) is 4.79 Å². The number of ketones is 1. The minimum atomic E-state index is -0.936. The molecule has 2 saturated carbocycles. The summed E-state index contributed by atoms with van der Waals surface area (Å²) < 4.78 is 10.9. The number of alkyl carbamates (subject to hydrolysis) is 1. The van der Waals surface area contributed by atoms with Gasteiger partial charge in [0, 0.05) is 6.42 Å². The number of rotatable bonds is 9. The Morgan fingerprint density at radius 3 is 2.23 bits per heavy atom. The van der Waals surface area contributed by atoms with Crippen LogP contribution in [-0.4, -0.2) is 48.0 Å². The fourth-order valence-corrected chi connectivity index (χ4v) is 5.19. The summed E-state index contributed by atoms with van der Waals surface area (Å²) in [5, 5.41) is 5.03. The molecule has 2 aliphatic carbocycles. The zero-order chi connectivity index (χ0) is 23.2. The number of ether oxygens (including phenoxy) is 2. The molecule has 176 valence electrons. The summed E-state index contributed by atoms with van der Waals surface area (Å²) in [5.41, 5.74) is -0.515. The van der Waals surface area contributed by atoms with Gasteiger partial charge in [-0.2, -0.15) is 0 Å². The Labute approximate surface area is 185 Å². The number of carbonyl (C=O) groups excluding carboxylic acids is 4. The van der Waals surface area contributed by atoms with Crippen LogP contribution in [0.1, 0.15) is 79.6 Å². The average Bonchev–Trinajstić information content (AvgIpc) is 2.60. The summed E-state index contributed by atoms with van der Waals surface area (Å²) in [7, 11) is 0. The lowest BCUT2D eigenvalue weighted by Gasteiger charge is -2.46. The second-order valence-electron chi connectivity index (χ2n) is 9.99. The van der Waals surface area contributed by atoms with Gasteiger partial charge in [0.1, 0.15) is 24.0 Å². The smallest absolute Gasteiger partial charge is 0.408 e. The van der Waals surface area contributed by atoms with Crippen molar-refractivity contribution in [1.29, 1.82) is 0 Å². The van der Waals surface area contributed by atoms with E-state index < -0.39 is 29.6 Å². The first-order valence-electron chi connectivity index (χ1n) is 11.4. The number of nitrogens with one attached hydrogen (secondary N) is 2. The van der Waals surface area contributed by atoms with E-state index in [1.54, 1.807) is 13.8 Å². The van der Waals surface area contributed by atoms with Crippen LogP contribution in [0.3, 0.4) is 0 Å². The number of amides is 2. The Morgan fingerprint density at radius 2 is 1.68 bits per heavy atom. The van der Waals surface area contributed by atoms with Gasteiger partial charge in [0.15, 0.2) is 0 Å². The predicted molar refractivity (Wildman–Crippen MR) is 115 cm³/mol. The highest BCUT2D eigenvalue weighted by Gasteiger charge is 2.43. The molecule has 2 bridgehead atoms. The number of esters is 1. The molecule has 8 nitrogen and oxygen atoms in total. The van der Waals surface area contributed by atoms with E-state index in [9.17, 15) is 19.2 Å². The number of Topliss-reactive ketones (excluding diaryl/α,β-unsaturated/α-hetero) is 1. The monoisotopic (exact) mass is 438 g/mol. The molecule has 3 unspecified atom stereocenters. The molecule has 2 N–H and O–H groups in total. The van der Waals surface area contributed by atoms with E-state index in [-0.39, 0.29) is 31.3 Å². The highest BCUT2D eigenvalue weighted by molar-refractivity contribution is 5.87. The highest BCUT2D eigenvalue weighted by atomic mass is 16.6. The number of fused-ring (bicyclic) bond motifs is 2. The first kappa shape index (κ1) is 25.1. The first-order valence-corrected chi connectivity index (χ1v) is 11.4. The van der Waals surface area contributed by atoms with Crippen LogP contribution in [0.5, 0.6) is 0 Å². The maximum Gasteiger partial charge on any atom is 0.408 e. The Hall–Kier alpha value is -2.12. The molecule has 0 saturated heterocycles. The molecule has 0 aliphatic heterocycles. The molecule has 0 aromatic rings. The van der Waals surface area contributed by atoms with Gasteiger partial charge in [-0.25, -0.2) is 9.59 Å². The van der Waals surface area contributed by atoms with E-state index in [1.165, 1.54) is 26.2 Å². The summed E-state index contributed by atoms with van der Waals surface area (Å²) in [6.07, 6.45) is 4.58. The van der Waals surface area contributed by atoms with Crippen molar-refractivity contribution in [2.24, 2.45) is 17.8 Å². The lowest BCUT2D eigenvalue weighted by Crippen LogP contribution is -2.49. The van der Waals surface area contributed by atoms with Gasteiger partial charge >= 0.3 is 12.1 Å². The summed E-state index contributed by atoms with van der Waals surface area (Å²) in [4.78, 5) is 48.1. The van der Waals surface area contributed by atoms with Gasteiger partial charge in [-0.1, -0.05) is 6.92 Å². The molecule has 0 aromatic carbocycles. The SMILES string of the molecule is CC(=O)CCC(NC(=O)CNC(=O)OC1(C)CC2CC(C)CC(C2)C1)C(=O)OC(C)C. The van der Waals surface area contributed by atoms with Gasteiger partial charge in [0.25, 0.3) is 0 Å². The molecular weight excluding hydrogens is 400 g/mol. The van der Waals surface area contributed by atoms with E-state index >= 15 is 0 Å². The third-order valence-corrected chi connectivity index (χ3v) is 6.07. The highest BCUT2D eigenvalue weighted by Crippen LogP contribution is 2.47. The van der Waals surface area contributed by atoms with Gasteiger partial charge in [-0.3, -0.25) is 4.79 Å². The van der Waals surface area contributed by atoms with Gasteiger partial charge in [0.05, 0.1) is 6.10 Å². The summed E-state index contributed by atoms with van der Waals surface area (Å²) in [6.45, 7) is 8.78. The molecule has 0 heterocycles. The van der Waals surface area contributed by atoms with E-state index in [0.717, 1.165) is 18.8 Å². The van der Waals surface area contributed by atoms with Crippen molar-refractivity contribution in [3.05, 3.63) is 0 Å². The van der Waals surface area contributed by atoms with Gasteiger partial charge in [-0.05, 0) is 84.0 Å². The fourth-order valence-electron chi connectivity index (χ4n) is 5.19. The second kappa shape index (κ2) is 11.0. The first-order chi connectivity index (χ1) is 14.5. The molecule has 0 spiro atoms. The van der Waals surface area contributed by atoms with E-state index in [4.69, 9.17) is 9.47 Å². The fraction of sp³-hybridized carbons (Fsp3) is 0.826. The zero-order valence-electron chi connectivity index (χ0n) is 19.5. The van der Waals surface area contributed by atoms with Crippen LogP contribution in [0.15, 0.2) is 0 Å². The van der Waals surface area contributed by atoms with E-state index in [2.05, 4.69) is 17.6 Å². The maximum atomic E-state index is 12.3. The molecular formula is C23H38N2O6. The maximum absolute atomic E-state index is 12.3. The minimum Gasteiger partial charge on any atom is -0.461 e. The molecule has 2 aliphatic rings. The van der Waals surface area contributed by atoms with Gasteiger partial charge < -0.3 is 24.9 Å². The number of hydrogen-bond acceptors (Lipinski definition) is 6. The normalized spacial score (nSPS) is 28.4. The summed E-state index contributed by atoms with van der Waals surface area (Å²) in [6, 6.07) is -0.936. The Morgan fingerprint density at radius 1 is 1.06 bits per heavy atom. The van der Waals surface area contributed by atoms with Crippen LogP contribution in [0.2, 0.25) is 0 Å². The quantitative estimate of drug-likeness (QED) is 0.535. The third-order valence-electron chi connectivity index (χ3n) is 6.07. The van der Waals surface area contributed by atoms with Crippen LogP contribution < -0.4 is 10.6 Å². The Kier molecular flexibility index (Phi) is 8.89. The summed E-state index contributed by atoms with van der Waals surface area (Å²) >= 11 is 0. The van der Waals surface area contributed by atoms with Gasteiger partial charge in [0.2, 0.25) is 5.91 Å². The van der Waals surface area contributed by atoms with Crippen LogP contribution >= 0.6 is 0 Å². The van der Waals surface area contributed by atoms with E-state index in [0.29, 0.717) is 11.8 Å². The molecule has 2 amide bonds. The van der Waals surface area contributed by atoms with Crippen molar-refractivity contribution in [3.8, 4) is 0 Å². The molecule has 0 radical (unpaired) electrons. The van der Waals surface area contributed by atoms with Crippen molar-refractivity contribution in [3.63, 3.8) is 0 Å². The number of carbonyl (C=O) groups is 4. The van der Waals surface area contributed by atoms with Crippen molar-refractivity contribution in [2.75, 3.05) is 6.54 Å². The molecule has 2 rings (SSSR count). The van der Waals surface area contributed by atoms with Crippen molar-refractivity contribution >= 4 is 23.8 Å². The lowest BCUT2D eigenvalue weighted by atomic mass is 9.64. The molecule has 31 heavy (non-hydrogen) atoms. The lowest BCUT2D eigenvalue weighted by molar-refractivity contribution is -0.151. The largest absolute Gasteiger partial charge is 0.461 e. The van der Waals surface area contributed by atoms with Gasteiger partial charge in [-0.15, -0.1) is 0 Å². The molecule has 2 fully saturated rings. The standard InChI is InChI=1S/C23H38N2O6/c1-14(2)30-21(28)19(7-6-16(4)26)25-20(27)13-24-22(29)31-23(5)11-17-8-15(3)9-18(10-17)12-23/h14-15,17-19H,6-13H2,1-5H3,(H,24,29)(H,25,27). The molecule has 0 aromatic heterocycles. The zero-order valence-corrected chi connectivity index (χ0v) is 19.5. The van der Waals surface area contributed by atoms with Crippen molar-refractivity contribution in [1.82, 2.24) is 10.6 Å². The second-order valence-corrected chi connectivity index (χ2v) is 9.99. The van der Waals surface area contributed by atoms with E-state index in [1.807, 2.05) is 6.92 Å².